The van der Waals surface area contributed by atoms with Crippen molar-refractivity contribution in [3.05, 3.63) is 41.5 Å². The smallest absolute Gasteiger partial charge is 0.0971 e. The Balaban J connectivity index is 2.72. The molecule has 0 bridgehead atoms. The second-order valence-electron chi connectivity index (χ2n) is 2.37. The molecule has 1 nitrogen and oxygen atoms in total. The number of rotatable bonds is 0. The molecule has 54 valence electrons. The van der Waals surface area contributed by atoms with Gasteiger partial charge in [0.1, 0.15) is 0 Å². The van der Waals surface area contributed by atoms with Crippen LogP contribution in [-0.2, 0) is 11.3 Å². The molecule has 0 saturated heterocycles. The van der Waals surface area contributed by atoms with E-state index in [9.17, 15) is 4.21 Å². The quantitative estimate of drug-likeness (QED) is 0.528. The normalized spacial score (nSPS) is 13.3. The summed E-state index contributed by atoms with van der Waals surface area (Å²) in [5, 5.41) is 0. The van der Waals surface area contributed by atoms with E-state index in [2.05, 4.69) is 0 Å². The Morgan fingerprint density at radius 3 is 2.73 bits per heavy atom. The van der Waals surface area contributed by atoms with Crippen molar-refractivity contribution in [3.63, 3.8) is 0 Å². The van der Waals surface area contributed by atoms with Crippen LogP contribution in [0.1, 0.15) is 11.1 Å². The van der Waals surface area contributed by atoms with E-state index in [0.717, 1.165) is 16.0 Å². The highest BCUT2D eigenvalue weighted by Crippen LogP contribution is 2.17. The van der Waals surface area contributed by atoms with Gasteiger partial charge in [-0.25, -0.2) is 4.21 Å². The Kier molecular flexibility index (Phi) is 1.47. The van der Waals surface area contributed by atoms with Crippen molar-refractivity contribution in [2.75, 3.05) is 0 Å². The third-order valence-corrected chi connectivity index (χ3v) is 2.27. The fourth-order valence-corrected chi connectivity index (χ4v) is 1.59. The van der Waals surface area contributed by atoms with Crippen LogP contribution in [0, 0.1) is 0 Å². The van der Waals surface area contributed by atoms with E-state index >= 15 is 0 Å². The maximum Gasteiger partial charge on any atom is 0.0971 e. The Hall–Kier alpha value is -1.15. The Bertz CT molecular complexity index is 373. The third kappa shape index (κ3) is 0.955. The van der Waals surface area contributed by atoms with Gasteiger partial charge in [0.05, 0.1) is 16.1 Å². The highest BCUT2D eigenvalue weighted by Gasteiger charge is 2.08. The molecule has 0 aromatic heterocycles. The molecule has 0 saturated carbocycles. The van der Waals surface area contributed by atoms with Gasteiger partial charge in [-0.2, -0.15) is 0 Å². The standard InChI is InChI=1S/C9H6OS/c10-11-9-6-5-7-3-1-2-4-8(7)9/h1-6H. The van der Waals surface area contributed by atoms with Crippen LogP contribution in [0.4, 0.5) is 0 Å². The molecule has 0 N–H and O–H groups in total. The molecule has 0 amide bonds. The van der Waals surface area contributed by atoms with E-state index < -0.39 is 0 Å². The van der Waals surface area contributed by atoms with Crippen molar-refractivity contribution in [1.82, 2.24) is 0 Å². The monoisotopic (exact) mass is 162 g/mol. The van der Waals surface area contributed by atoms with Crippen molar-refractivity contribution in [2.24, 2.45) is 0 Å². The minimum absolute atomic E-state index is 0.555. The maximum absolute atomic E-state index is 10.5. The summed E-state index contributed by atoms with van der Waals surface area (Å²) in [5.74, 6) is 0. The average molecular weight is 162 g/mol. The van der Waals surface area contributed by atoms with Crippen LogP contribution in [0.3, 0.4) is 0 Å². The van der Waals surface area contributed by atoms with Crippen molar-refractivity contribution >= 4 is 22.2 Å². The summed E-state index contributed by atoms with van der Waals surface area (Å²) in [5.41, 5.74) is 2.21. The zero-order chi connectivity index (χ0) is 7.68. The molecule has 0 spiro atoms. The van der Waals surface area contributed by atoms with Gasteiger partial charge in [0.15, 0.2) is 0 Å². The fraction of sp³-hybridized carbons (Fsp3) is 0. The number of hydrogen-bond donors (Lipinski definition) is 0. The lowest BCUT2D eigenvalue weighted by Crippen LogP contribution is -1.91. The highest BCUT2D eigenvalue weighted by atomic mass is 32.1. The highest BCUT2D eigenvalue weighted by molar-refractivity contribution is 7.67. The van der Waals surface area contributed by atoms with Crippen molar-refractivity contribution in [3.8, 4) is 0 Å². The van der Waals surface area contributed by atoms with Gasteiger partial charge in [0.2, 0.25) is 0 Å². The summed E-state index contributed by atoms with van der Waals surface area (Å²) >= 11 is 0.555. The summed E-state index contributed by atoms with van der Waals surface area (Å²) < 4.78 is 10.5. The molecule has 11 heavy (non-hydrogen) atoms. The molecule has 0 unspecified atom stereocenters. The Morgan fingerprint density at radius 1 is 1.09 bits per heavy atom. The van der Waals surface area contributed by atoms with E-state index in [0.29, 0.717) is 11.3 Å². The van der Waals surface area contributed by atoms with Crippen LogP contribution >= 0.6 is 0 Å². The zero-order valence-electron chi connectivity index (χ0n) is 5.78. The first-order valence-electron chi connectivity index (χ1n) is 3.36. The molecule has 2 rings (SSSR count). The van der Waals surface area contributed by atoms with Gasteiger partial charge >= 0.3 is 0 Å². The van der Waals surface area contributed by atoms with Crippen LogP contribution in [0.5, 0.6) is 0 Å². The summed E-state index contributed by atoms with van der Waals surface area (Å²) in [6.45, 7) is 0. The SMILES string of the molecule is O=S=C1C=Cc2ccccc21. The third-order valence-electron chi connectivity index (χ3n) is 1.73. The van der Waals surface area contributed by atoms with Gasteiger partial charge in [0, 0.05) is 5.56 Å². The average Bonchev–Trinajstić information content (AvgIpc) is 2.47. The fourth-order valence-electron chi connectivity index (χ4n) is 1.19. The van der Waals surface area contributed by atoms with Crippen LogP contribution in [0.2, 0.25) is 0 Å². The van der Waals surface area contributed by atoms with Crippen LogP contribution < -0.4 is 0 Å². The van der Waals surface area contributed by atoms with E-state index in [1.54, 1.807) is 0 Å². The van der Waals surface area contributed by atoms with Crippen molar-refractivity contribution < 1.29 is 4.21 Å². The lowest BCUT2D eigenvalue weighted by atomic mass is 10.1. The van der Waals surface area contributed by atoms with Gasteiger partial charge in [-0.1, -0.05) is 30.3 Å². The predicted molar refractivity (Wildman–Crippen MR) is 47.7 cm³/mol. The minimum atomic E-state index is 0.555. The van der Waals surface area contributed by atoms with Crippen LogP contribution in [0.25, 0.3) is 6.08 Å². The molecule has 1 aliphatic carbocycles. The number of fused-ring (bicyclic) bond motifs is 1. The van der Waals surface area contributed by atoms with Crippen LogP contribution in [-0.4, -0.2) is 9.07 Å². The van der Waals surface area contributed by atoms with E-state index in [-0.39, 0.29) is 0 Å². The largest absolute Gasteiger partial charge is 0.212 e. The molecule has 1 aliphatic rings. The van der Waals surface area contributed by atoms with Crippen molar-refractivity contribution in [1.29, 1.82) is 0 Å². The number of benzene rings is 1. The Morgan fingerprint density at radius 2 is 1.91 bits per heavy atom. The predicted octanol–water partition coefficient (Wildman–Crippen LogP) is 1.45. The Labute approximate surface area is 68.4 Å². The molecule has 0 fully saturated rings. The van der Waals surface area contributed by atoms with Crippen LogP contribution in [0.15, 0.2) is 30.3 Å². The molecule has 0 heterocycles. The van der Waals surface area contributed by atoms with E-state index in [1.165, 1.54) is 0 Å². The summed E-state index contributed by atoms with van der Waals surface area (Å²) in [6.07, 6.45) is 3.83. The molecule has 0 aliphatic heterocycles. The molecular weight excluding hydrogens is 156 g/mol. The first kappa shape index (κ1) is 6.55. The van der Waals surface area contributed by atoms with Crippen molar-refractivity contribution in [2.45, 2.75) is 0 Å². The van der Waals surface area contributed by atoms with E-state index in [1.807, 2.05) is 36.4 Å². The first-order valence-corrected chi connectivity index (χ1v) is 4.10. The van der Waals surface area contributed by atoms with Gasteiger partial charge in [-0.05, 0) is 11.6 Å². The second-order valence-corrected chi connectivity index (χ2v) is 2.97. The topological polar surface area (TPSA) is 17.1 Å². The lowest BCUT2D eigenvalue weighted by Gasteiger charge is -1.94. The number of allylic oxidation sites excluding steroid dienone is 1. The van der Waals surface area contributed by atoms with Gasteiger partial charge < -0.3 is 0 Å². The molecule has 0 atom stereocenters. The number of hydrogen-bond acceptors (Lipinski definition) is 1. The van der Waals surface area contributed by atoms with E-state index in [4.69, 9.17) is 0 Å². The maximum atomic E-state index is 10.5. The minimum Gasteiger partial charge on any atom is -0.212 e. The summed E-state index contributed by atoms with van der Waals surface area (Å²) in [7, 11) is 0. The molecule has 0 radical (unpaired) electrons. The van der Waals surface area contributed by atoms with Gasteiger partial charge in [-0.15, -0.1) is 0 Å². The first-order chi connectivity index (χ1) is 5.42. The lowest BCUT2D eigenvalue weighted by molar-refractivity contribution is 0.701. The second kappa shape index (κ2) is 2.47. The molecular formula is C9H6OS. The zero-order valence-corrected chi connectivity index (χ0v) is 6.60. The molecule has 2 heteroatoms. The molecule has 1 aromatic rings. The summed E-state index contributed by atoms with van der Waals surface area (Å²) in [6, 6.07) is 7.90. The van der Waals surface area contributed by atoms with Gasteiger partial charge in [-0.3, -0.25) is 0 Å². The van der Waals surface area contributed by atoms with Gasteiger partial charge in [0.25, 0.3) is 0 Å². The molecule has 1 aromatic carbocycles. The summed E-state index contributed by atoms with van der Waals surface area (Å²) in [4.78, 5) is 0.820.